The fraction of sp³-hybridized carbons (Fsp3) is 0.375. The zero-order valence-corrected chi connectivity index (χ0v) is 11.8. The number of aliphatic hydroxyl groups excluding tert-OH is 1. The van der Waals surface area contributed by atoms with Crippen molar-refractivity contribution >= 4 is 5.91 Å². The Kier molecular flexibility index (Phi) is 4.01. The summed E-state index contributed by atoms with van der Waals surface area (Å²) in [5, 5.41) is 10.2. The zero-order chi connectivity index (χ0) is 14.7. The first-order valence-corrected chi connectivity index (χ1v) is 7.19. The summed E-state index contributed by atoms with van der Waals surface area (Å²) in [6.45, 7) is 1.34. The maximum Gasteiger partial charge on any atom is 0.242 e. The Morgan fingerprint density at radius 3 is 2.76 bits per heavy atom. The number of carbonyl (C=O) groups excluding carboxylic acids is 1. The summed E-state index contributed by atoms with van der Waals surface area (Å²) in [5.74, 6) is 0.113. The highest BCUT2D eigenvalue weighted by Gasteiger charge is 2.34. The molecular formula is C16H19N3O2. The minimum Gasteiger partial charge on any atom is -0.391 e. The molecule has 2 aromatic heterocycles. The predicted octanol–water partition coefficient (Wildman–Crippen LogP) is 0.945. The van der Waals surface area contributed by atoms with Crippen LogP contribution in [0.25, 0.3) is 0 Å². The van der Waals surface area contributed by atoms with Crippen molar-refractivity contribution in [1.82, 2.24) is 14.5 Å². The molecular weight excluding hydrogens is 266 g/mol. The SMILES string of the molecule is O=C(Cn1cccc1)N1C[C@@H](Cc2ccccn2)[C@H](O)C1. The van der Waals surface area contributed by atoms with E-state index in [1.54, 1.807) is 11.1 Å². The molecule has 3 rings (SSSR count). The second kappa shape index (κ2) is 6.10. The number of carbonyl (C=O) groups is 1. The number of aromatic nitrogens is 2. The van der Waals surface area contributed by atoms with Gasteiger partial charge in [-0.3, -0.25) is 9.78 Å². The van der Waals surface area contributed by atoms with E-state index in [4.69, 9.17) is 0 Å². The minimum atomic E-state index is -0.472. The molecule has 0 aliphatic carbocycles. The van der Waals surface area contributed by atoms with Gasteiger partial charge in [-0.05, 0) is 30.7 Å². The first-order chi connectivity index (χ1) is 10.2. The lowest BCUT2D eigenvalue weighted by Gasteiger charge is -2.16. The summed E-state index contributed by atoms with van der Waals surface area (Å²) in [6, 6.07) is 9.57. The molecule has 0 aromatic carbocycles. The number of nitrogens with zero attached hydrogens (tertiary/aromatic N) is 3. The maximum absolute atomic E-state index is 12.2. The van der Waals surface area contributed by atoms with Gasteiger partial charge in [-0.1, -0.05) is 6.07 Å². The number of hydrogen-bond donors (Lipinski definition) is 1. The number of rotatable bonds is 4. The Balaban J connectivity index is 1.59. The molecule has 0 unspecified atom stereocenters. The van der Waals surface area contributed by atoms with E-state index in [-0.39, 0.29) is 11.8 Å². The van der Waals surface area contributed by atoms with E-state index in [2.05, 4.69) is 4.98 Å². The van der Waals surface area contributed by atoms with Crippen LogP contribution in [-0.2, 0) is 17.8 Å². The van der Waals surface area contributed by atoms with Gasteiger partial charge in [-0.2, -0.15) is 0 Å². The molecule has 2 aromatic rings. The van der Waals surface area contributed by atoms with E-state index in [0.717, 1.165) is 5.69 Å². The van der Waals surface area contributed by atoms with Gasteiger partial charge in [0.05, 0.1) is 6.10 Å². The normalized spacial score (nSPS) is 21.7. The van der Waals surface area contributed by atoms with Crippen LogP contribution in [0.2, 0.25) is 0 Å². The average Bonchev–Trinajstić information content (AvgIpc) is 3.11. The largest absolute Gasteiger partial charge is 0.391 e. The van der Waals surface area contributed by atoms with Crippen molar-refractivity contribution in [2.24, 2.45) is 5.92 Å². The van der Waals surface area contributed by atoms with Crippen LogP contribution in [0.4, 0.5) is 0 Å². The number of pyridine rings is 1. The lowest BCUT2D eigenvalue weighted by molar-refractivity contribution is -0.131. The fourth-order valence-electron chi connectivity index (χ4n) is 2.78. The van der Waals surface area contributed by atoms with Gasteiger partial charge in [0, 0.05) is 43.3 Å². The van der Waals surface area contributed by atoms with Crippen LogP contribution in [-0.4, -0.2) is 44.7 Å². The molecule has 0 radical (unpaired) electrons. The summed E-state index contributed by atoms with van der Waals surface area (Å²) in [4.78, 5) is 18.3. The molecule has 5 heteroatoms. The first-order valence-electron chi connectivity index (χ1n) is 7.19. The third-order valence-electron chi connectivity index (χ3n) is 3.94. The summed E-state index contributed by atoms with van der Waals surface area (Å²) >= 11 is 0. The van der Waals surface area contributed by atoms with E-state index in [0.29, 0.717) is 26.1 Å². The molecule has 1 aliphatic rings. The highest BCUT2D eigenvalue weighted by atomic mass is 16.3. The smallest absolute Gasteiger partial charge is 0.242 e. The number of hydrogen-bond acceptors (Lipinski definition) is 3. The summed E-state index contributed by atoms with van der Waals surface area (Å²) in [5.41, 5.74) is 0.959. The summed E-state index contributed by atoms with van der Waals surface area (Å²) in [7, 11) is 0. The van der Waals surface area contributed by atoms with Gasteiger partial charge in [-0.25, -0.2) is 0 Å². The number of aliphatic hydroxyl groups is 1. The Labute approximate surface area is 123 Å². The third-order valence-corrected chi connectivity index (χ3v) is 3.94. The van der Waals surface area contributed by atoms with Crippen molar-refractivity contribution in [2.75, 3.05) is 13.1 Å². The maximum atomic E-state index is 12.2. The van der Waals surface area contributed by atoms with Crippen LogP contribution in [0.3, 0.4) is 0 Å². The topological polar surface area (TPSA) is 58.4 Å². The van der Waals surface area contributed by atoms with Crippen LogP contribution < -0.4 is 0 Å². The second-order valence-corrected chi connectivity index (χ2v) is 5.51. The highest BCUT2D eigenvalue weighted by molar-refractivity contribution is 5.76. The molecule has 0 spiro atoms. The van der Waals surface area contributed by atoms with Gasteiger partial charge in [0.25, 0.3) is 0 Å². The van der Waals surface area contributed by atoms with E-state index in [1.165, 1.54) is 0 Å². The van der Waals surface area contributed by atoms with Crippen molar-refractivity contribution < 1.29 is 9.90 Å². The number of amides is 1. The molecule has 1 saturated heterocycles. The molecule has 1 aliphatic heterocycles. The van der Waals surface area contributed by atoms with Crippen LogP contribution in [0, 0.1) is 5.92 Å². The predicted molar refractivity (Wildman–Crippen MR) is 78.4 cm³/mol. The number of likely N-dealkylation sites (tertiary alicyclic amines) is 1. The standard InChI is InChI=1S/C16H19N3O2/c20-15-11-19(16(21)12-18-7-3-4-8-18)10-13(15)9-14-5-1-2-6-17-14/h1-8,13,15,20H,9-12H2/t13-,15-/m1/s1. The number of β-amino-alcohol motifs (C(OH)–C–C–N with tert-alkyl or cyclic N) is 1. The quantitative estimate of drug-likeness (QED) is 0.909. The molecule has 110 valence electrons. The second-order valence-electron chi connectivity index (χ2n) is 5.51. The molecule has 5 nitrogen and oxygen atoms in total. The van der Waals surface area contributed by atoms with Crippen molar-refractivity contribution in [1.29, 1.82) is 0 Å². The summed E-state index contributed by atoms with van der Waals surface area (Å²) < 4.78 is 1.85. The Morgan fingerprint density at radius 2 is 2.05 bits per heavy atom. The van der Waals surface area contributed by atoms with E-state index in [1.807, 2.05) is 47.3 Å². The van der Waals surface area contributed by atoms with Gasteiger partial charge in [0.15, 0.2) is 0 Å². The van der Waals surface area contributed by atoms with Crippen molar-refractivity contribution in [2.45, 2.75) is 19.1 Å². The van der Waals surface area contributed by atoms with Crippen LogP contribution >= 0.6 is 0 Å². The van der Waals surface area contributed by atoms with Gasteiger partial charge in [-0.15, -0.1) is 0 Å². The highest BCUT2D eigenvalue weighted by Crippen LogP contribution is 2.21. The van der Waals surface area contributed by atoms with E-state index < -0.39 is 6.10 Å². The molecule has 0 saturated carbocycles. The van der Waals surface area contributed by atoms with Gasteiger partial charge in [0.2, 0.25) is 5.91 Å². The van der Waals surface area contributed by atoms with Crippen LogP contribution in [0.15, 0.2) is 48.9 Å². The van der Waals surface area contributed by atoms with E-state index in [9.17, 15) is 9.90 Å². The molecule has 1 amide bonds. The van der Waals surface area contributed by atoms with Crippen LogP contribution in [0.1, 0.15) is 5.69 Å². The minimum absolute atomic E-state index is 0.0498. The molecule has 21 heavy (non-hydrogen) atoms. The lowest BCUT2D eigenvalue weighted by Crippen LogP contribution is -2.32. The molecule has 0 bridgehead atoms. The van der Waals surface area contributed by atoms with Gasteiger partial charge < -0.3 is 14.6 Å². The molecule has 3 heterocycles. The third kappa shape index (κ3) is 3.31. The molecule has 2 atom stereocenters. The monoisotopic (exact) mass is 285 g/mol. The van der Waals surface area contributed by atoms with Crippen molar-refractivity contribution in [3.8, 4) is 0 Å². The summed E-state index contributed by atoms with van der Waals surface area (Å²) in [6.07, 6.45) is 5.73. The average molecular weight is 285 g/mol. The zero-order valence-electron chi connectivity index (χ0n) is 11.8. The molecule has 1 fully saturated rings. The fourth-order valence-corrected chi connectivity index (χ4v) is 2.78. The van der Waals surface area contributed by atoms with Gasteiger partial charge >= 0.3 is 0 Å². The Morgan fingerprint density at radius 1 is 1.24 bits per heavy atom. The van der Waals surface area contributed by atoms with Gasteiger partial charge in [0.1, 0.15) is 6.54 Å². The van der Waals surface area contributed by atoms with Crippen LogP contribution in [0.5, 0.6) is 0 Å². The first kappa shape index (κ1) is 13.8. The lowest BCUT2D eigenvalue weighted by atomic mass is 10.00. The Hall–Kier alpha value is -2.14. The van der Waals surface area contributed by atoms with Crippen molar-refractivity contribution in [3.63, 3.8) is 0 Å². The van der Waals surface area contributed by atoms with E-state index >= 15 is 0 Å². The molecule has 1 N–H and O–H groups in total. The van der Waals surface area contributed by atoms with Crippen molar-refractivity contribution in [3.05, 3.63) is 54.6 Å². The Bertz CT molecular complexity index is 583.